The third-order valence-electron chi connectivity index (χ3n) is 1.88. The van der Waals surface area contributed by atoms with Crippen LogP contribution in [0.25, 0.3) is 0 Å². The van der Waals surface area contributed by atoms with Gasteiger partial charge in [0, 0.05) is 6.07 Å². The number of nitro benzene ring substituents is 1. The van der Waals surface area contributed by atoms with Crippen molar-refractivity contribution < 1.29 is 9.72 Å². The average molecular weight is 214 g/mol. The van der Waals surface area contributed by atoms with Crippen LogP contribution < -0.4 is 0 Å². The van der Waals surface area contributed by atoms with E-state index in [2.05, 4.69) is 0 Å². The van der Waals surface area contributed by atoms with Gasteiger partial charge >= 0.3 is 0 Å². The minimum atomic E-state index is -0.806. The van der Waals surface area contributed by atoms with Crippen LogP contribution in [0.2, 0.25) is 0 Å². The van der Waals surface area contributed by atoms with Gasteiger partial charge in [0.15, 0.2) is 0 Å². The quantitative estimate of drug-likeness (QED) is 0.440. The van der Waals surface area contributed by atoms with Gasteiger partial charge in [-0.15, -0.1) is 0 Å². The summed E-state index contributed by atoms with van der Waals surface area (Å²) in [5, 5.41) is 9.78. The van der Waals surface area contributed by atoms with Gasteiger partial charge in [0.05, 0.1) is 4.92 Å². The summed E-state index contributed by atoms with van der Waals surface area (Å²) in [4.78, 5) is 20.8. The van der Waals surface area contributed by atoms with Gasteiger partial charge in [-0.25, -0.2) is 0 Å². The summed E-state index contributed by atoms with van der Waals surface area (Å²) in [5.74, 6) is 0. The van der Waals surface area contributed by atoms with Crippen LogP contribution in [0.3, 0.4) is 0 Å². The first-order valence-corrected chi connectivity index (χ1v) is 4.41. The smallest absolute Gasteiger partial charge is 0.275 e. The molecule has 0 atom stereocenters. The summed E-state index contributed by atoms with van der Waals surface area (Å²) in [5.41, 5.74) is 0.511. The summed E-state index contributed by atoms with van der Waals surface area (Å²) in [6, 6.07) is 4.41. The van der Waals surface area contributed by atoms with Crippen molar-refractivity contribution >= 4 is 22.5 Å². The van der Waals surface area contributed by atoms with E-state index >= 15 is 0 Å². The number of halogens is 1. The fourth-order valence-electron chi connectivity index (χ4n) is 1.11. The molecule has 0 spiro atoms. The highest BCUT2D eigenvalue weighted by Crippen LogP contribution is 2.22. The monoisotopic (exact) mass is 213 g/mol. The molecule has 14 heavy (non-hydrogen) atoms. The number of rotatable bonds is 3. The molecule has 0 aromatic heterocycles. The number of nitro groups is 1. The van der Waals surface area contributed by atoms with Gasteiger partial charge in [0.25, 0.3) is 10.9 Å². The van der Waals surface area contributed by atoms with Crippen molar-refractivity contribution in [2.24, 2.45) is 0 Å². The van der Waals surface area contributed by atoms with Gasteiger partial charge in [-0.05, 0) is 29.7 Å². The Labute approximate surface area is 85.6 Å². The summed E-state index contributed by atoms with van der Waals surface area (Å²) in [7, 11) is 0. The zero-order valence-corrected chi connectivity index (χ0v) is 8.25. The van der Waals surface area contributed by atoms with Gasteiger partial charge < -0.3 is 0 Å². The first-order valence-electron chi connectivity index (χ1n) is 4.03. The second-order valence-corrected chi connectivity index (χ2v) is 3.08. The molecule has 74 valence electrons. The van der Waals surface area contributed by atoms with E-state index in [4.69, 9.17) is 11.6 Å². The van der Waals surface area contributed by atoms with E-state index < -0.39 is 10.2 Å². The molecule has 0 bridgehead atoms. The number of carbonyl (C=O) groups excluding carboxylic acids is 1. The van der Waals surface area contributed by atoms with Crippen LogP contribution in [0.15, 0.2) is 18.2 Å². The zero-order chi connectivity index (χ0) is 10.7. The molecule has 1 rings (SSSR count). The highest BCUT2D eigenvalue weighted by molar-refractivity contribution is 6.68. The van der Waals surface area contributed by atoms with E-state index in [0.29, 0.717) is 6.42 Å². The normalized spacial score (nSPS) is 9.86. The SMILES string of the molecule is CCc1ccc(C(=O)Cl)c([N+](=O)[O-])c1. The minimum Gasteiger partial charge on any atom is -0.275 e. The fourth-order valence-corrected chi connectivity index (χ4v) is 1.27. The molecular formula is C9H8ClNO3. The van der Waals surface area contributed by atoms with Gasteiger partial charge in [0.1, 0.15) is 5.56 Å². The van der Waals surface area contributed by atoms with Crippen LogP contribution in [0.4, 0.5) is 5.69 Å². The first-order chi connectivity index (χ1) is 6.56. The number of hydrogen-bond acceptors (Lipinski definition) is 3. The van der Waals surface area contributed by atoms with Crippen molar-refractivity contribution in [3.63, 3.8) is 0 Å². The standard InChI is InChI=1S/C9H8ClNO3/c1-2-6-3-4-7(9(10)12)8(5-6)11(13)14/h3-5H,2H2,1H3. The minimum absolute atomic E-state index is 0.0612. The molecule has 0 fully saturated rings. The number of aryl methyl sites for hydroxylation is 1. The maximum absolute atomic E-state index is 10.8. The Bertz CT molecular complexity index is 390. The molecule has 5 heteroatoms. The molecule has 0 saturated heterocycles. The van der Waals surface area contributed by atoms with Crippen LogP contribution in [-0.2, 0) is 6.42 Å². The molecule has 0 unspecified atom stereocenters. The van der Waals surface area contributed by atoms with Gasteiger partial charge in [-0.3, -0.25) is 14.9 Å². The van der Waals surface area contributed by atoms with E-state index in [9.17, 15) is 14.9 Å². The Morgan fingerprint density at radius 2 is 2.21 bits per heavy atom. The summed E-state index contributed by atoms with van der Waals surface area (Å²) in [6.07, 6.45) is 0.678. The third kappa shape index (κ3) is 2.09. The number of nitrogens with zero attached hydrogens (tertiary/aromatic N) is 1. The maximum Gasteiger partial charge on any atom is 0.281 e. The summed E-state index contributed by atoms with van der Waals surface area (Å²) >= 11 is 5.20. The molecule has 1 aromatic carbocycles. The van der Waals surface area contributed by atoms with Crippen LogP contribution in [0.1, 0.15) is 22.8 Å². The molecule has 0 heterocycles. The second kappa shape index (κ2) is 4.19. The van der Waals surface area contributed by atoms with Crippen LogP contribution in [0.5, 0.6) is 0 Å². The lowest BCUT2D eigenvalue weighted by molar-refractivity contribution is -0.385. The van der Waals surface area contributed by atoms with E-state index in [-0.39, 0.29) is 11.3 Å². The molecule has 4 nitrogen and oxygen atoms in total. The van der Waals surface area contributed by atoms with Gasteiger partial charge in [-0.2, -0.15) is 0 Å². The van der Waals surface area contributed by atoms with Crippen LogP contribution in [-0.4, -0.2) is 10.2 Å². The summed E-state index contributed by atoms with van der Waals surface area (Å²) < 4.78 is 0. The third-order valence-corrected chi connectivity index (χ3v) is 2.08. The van der Waals surface area contributed by atoms with Gasteiger partial charge in [0.2, 0.25) is 0 Å². The van der Waals surface area contributed by atoms with E-state index in [1.54, 1.807) is 6.07 Å². The lowest BCUT2D eigenvalue weighted by Crippen LogP contribution is -1.99. The fraction of sp³-hybridized carbons (Fsp3) is 0.222. The topological polar surface area (TPSA) is 60.2 Å². The zero-order valence-electron chi connectivity index (χ0n) is 7.49. The lowest BCUT2D eigenvalue weighted by Gasteiger charge is -2.00. The second-order valence-electron chi connectivity index (χ2n) is 2.74. The maximum atomic E-state index is 10.8. The lowest BCUT2D eigenvalue weighted by atomic mass is 10.1. The van der Waals surface area contributed by atoms with Crippen molar-refractivity contribution in [3.8, 4) is 0 Å². The molecule has 0 amide bonds. The van der Waals surface area contributed by atoms with Crippen molar-refractivity contribution in [1.29, 1.82) is 0 Å². The molecular weight excluding hydrogens is 206 g/mol. The average Bonchev–Trinajstić information content (AvgIpc) is 2.16. The van der Waals surface area contributed by atoms with Crippen LogP contribution in [0, 0.1) is 10.1 Å². The number of hydrogen-bond donors (Lipinski definition) is 0. The Hall–Kier alpha value is -1.42. The predicted molar refractivity (Wildman–Crippen MR) is 52.7 cm³/mol. The Balaban J connectivity index is 3.31. The molecule has 0 saturated carbocycles. The predicted octanol–water partition coefficient (Wildman–Crippen LogP) is 2.54. The summed E-state index contributed by atoms with van der Waals surface area (Å²) in [6.45, 7) is 1.88. The van der Waals surface area contributed by atoms with E-state index in [1.165, 1.54) is 12.1 Å². The number of carbonyl (C=O) groups is 1. The molecule has 0 radical (unpaired) electrons. The van der Waals surface area contributed by atoms with E-state index in [1.807, 2.05) is 6.92 Å². The molecule has 0 aliphatic rings. The highest BCUT2D eigenvalue weighted by atomic mass is 35.5. The highest BCUT2D eigenvalue weighted by Gasteiger charge is 2.18. The molecule has 0 aliphatic heterocycles. The number of benzene rings is 1. The van der Waals surface area contributed by atoms with Crippen molar-refractivity contribution in [2.75, 3.05) is 0 Å². The largest absolute Gasteiger partial charge is 0.281 e. The van der Waals surface area contributed by atoms with E-state index in [0.717, 1.165) is 5.56 Å². The van der Waals surface area contributed by atoms with Crippen molar-refractivity contribution in [1.82, 2.24) is 0 Å². The Morgan fingerprint density at radius 3 is 2.64 bits per heavy atom. The van der Waals surface area contributed by atoms with Gasteiger partial charge in [-0.1, -0.05) is 13.0 Å². The molecule has 0 N–H and O–H groups in total. The van der Waals surface area contributed by atoms with Crippen LogP contribution >= 0.6 is 11.6 Å². The molecule has 0 aliphatic carbocycles. The van der Waals surface area contributed by atoms with Crippen molar-refractivity contribution in [3.05, 3.63) is 39.4 Å². The van der Waals surface area contributed by atoms with Crippen molar-refractivity contribution in [2.45, 2.75) is 13.3 Å². The Morgan fingerprint density at radius 1 is 1.57 bits per heavy atom. The first kappa shape index (κ1) is 10.7. The molecule has 1 aromatic rings. The Kier molecular flexibility index (Phi) is 3.19.